The molecule has 0 radical (unpaired) electrons. The standard InChI is InChI=1S/C10H28O2Si3/c1-9(13-11-10(2,3)4)15(7,8)12-14(5)6/h9,14H,13H2,1-8H3. The fourth-order valence-electron chi connectivity index (χ4n) is 1.30. The molecule has 0 saturated carbocycles. The molecule has 1 atom stereocenters. The van der Waals surface area contributed by atoms with Gasteiger partial charge in [-0.2, -0.15) is 0 Å². The van der Waals surface area contributed by atoms with Crippen molar-refractivity contribution >= 4 is 27.1 Å². The Bertz CT molecular complexity index is 188. The van der Waals surface area contributed by atoms with E-state index >= 15 is 0 Å². The molecule has 15 heavy (non-hydrogen) atoms. The van der Waals surface area contributed by atoms with Crippen molar-refractivity contribution in [2.45, 2.75) is 64.6 Å². The van der Waals surface area contributed by atoms with Crippen LogP contribution in [0.1, 0.15) is 27.7 Å². The van der Waals surface area contributed by atoms with Crippen molar-refractivity contribution in [3.63, 3.8) is 0 Å². The zero-order chi connectivity index (χ0) is 12.3. The Hall–Kier alpha value is 0.571. The van der Waals surface area contributed by atoms with E-state index in [0.717, 1.165) is 0 Å². The van der Waals surface area contributed by atoms with Gasteiger partial charge in [0.25, 0.3) is 0 Å². The van der Waals surface area contributed by atoms with Gasteiger partial charge in [-0.05, 0) is 52.1 Å². The van der Waals surface area contributed by atoms with Gasteiger partial charge in [0, 0.05) is 5.60 Å². The SMILES string of the molecule is CC([SiH2]OC(C)(C)C)[Si](C)(C)O[SiH](C)C. The zero-order valence-corrected chi connectivity index (χ0v) is 15.2. The van der Waals surface area contributed by atoms with Crippen molar-refractivity contribution < 1.29 is 8.54 Å². The van der Waals surface area contributed by atoms with Gasteiger partial charge in [-0.25, -0.2) is 0 Å². The Morgan fingerprint density at radius 1 is 1.20 bits per heavy atom. The van der Waals surface area contributed by atoms with Crippen LogP contribution in [0.25, 0.3) is 0 Å². The summed E-state index contributed by atoms with van der Waals surface area (Å²) in [5.74, 6) is 0. The lowest BCUT2D eigenvalue weighted by atomic mass is 10.2. The van der Waals surface area contributed by atoms with E-state index in [1.807, 2.05) is 0 Å². The lowest BCUT2D eigenvalue weighted by molar-refractivity contribution is 0.137. The van der Waals surface area contributed by atoms with Crippen molar-refractivity contribution in [3.05, 3.63) is 0 Å². The first-order valence-corrected chi connectivity index (χ1v) is 13.0. The normalized spacial score (nSPS) is 16.6. The fraction of sp³-hybridized carbons (Fsp3) is 1.00. The van der Waals surface area contributed by atoms with Gasteiger partial charge in [-0.15, -0.1) is 0 Å². The summed E-state index contributed by atoms with van der Waals surface area (Å²) in [6, 6.07) is 0. The highest BCUT2D eigenvalue weighted by molar-refractivity contribution is 6.84. The Labute approximate surface area is 101 Å². The van der Waals surface area contributed by atoms with E-state index in [1.165, 1.54) is 0 Å². The van der Waals surface area contributed by atoms with Crippen LogP contribution in [0, 0.1) is 0 Å². The van der Waals surface area contributed by atoms with Crippen LogP contribution in [0.5, 0.6) is 0 Å². The molecule has 2 nitrogen and oxygen atoms in total. The Morgan fingerprint density at radius 2 is 1.67 bits per heavy atom. The summed E-state index contributed by atoms with van der Waals surface area (Å²) in [4.78, 5) is 0. The minimum atomic E-state index is -1.47. The predicted molar refractivity (Wildman–Crippen MR) is 76.3 cm³/mol. The van der Waals surface area contributed by atoms with E-state index in [9.17, 15) is 0 Å². The topological polar surface area (TPSA) is 18.5 Å². The van der Waals surface area contributed by atoms with Gasteiger partial charge >= 0.3 is 0 Å². The average Bonchev–Trinajstić information content (AvgIpc) is 1.95. The molecule has 0 spiro atoms. The average molecular weight is 265 g/mol. The number of rotatable bonds is 5. The maximum Gasteiger partial charge on any atom is 0.175 e. The summed E-state index contributed by atoms with van der Waals surface area (Å²) in [5, 5.41) is 0.701. The molecule has 0 N–H and O–H groups in total. The minimum absolute atomic E-state index is 0.0280. The van der Waals surface area contributed by atoms with Gasteiger partial charge in [0.1, 0.15) is 0 Å². The van der Waals surface area contributed by atoms with Crippen molar-refractivity contribution in [2.24, 2.45) is 0 Å². The first-order valence-electron chi connectivity index (χ1n) is 5.86. The number of hydrogen-bond acceptors (Lipinski definition) is 2. The Balaban J connectivity index is 4.13. The summed E-state index contributed by atoms with van der Waals surface area (Å²) in [6.07, 6.45) is 0. The summed E-state index contributed by atoms with van der Waals surface area (Å²) in [7, 11) is -2.82. The quantitative estimate of drug-likeness (QED) is 0.710. The zero-order valence-electron chi connectivity index (χ0n) is 11.7. The van der Waals surface area contributed by atoms with Crippen molar-refractivity contribution in [1.82, 2.24) is 0 Å². The van der Waals surface area contributed by atoms with Crippen LogP contribution in [0.4, 0.5) is 0 Å². The molecule has 0 amide bonds. The van der Waals surface area contributed by atoms with Crippen LogP contribution in [-0.2, 0) is 8.54 Å². The third kappa shape index (κ3) is 7.46. The highest BCUT2D eigenvalue weighted by atomic mass is 28.4. The molecular formula is C10H28O2Si3. The minimum Gasteiger partial charge on any atom is -0.458 e. The van der Waals surface area contributed by atoms with Gasteiger partial charge in [-0.3, -0.25) is 0 Å². The van der Waals surface area contributed by atoms with E-state index in [0.29, 0.717) is 5.16 Å². The Morgan fingerprint density at radius 3 is 2.00 bits per heavy atom. The predicted octanol–water partition coefficient (Wildman–Crippen LogP) is 2.44. The van der Waals surface area contributed by atoms with Crippen LogP contribution in [0.2, 0.25) is 31.4 Å². The van der Waals surface area contributed by atoms with Gasteiger partial charge < -0.3 is 8.54 Å². The molecule has 0 aromatic carbocycles. The molecule has 0 aliphatic carbocycles. The maximum absolute atomic E-state index is 6.20. The first kappa shape index (κ1) is 15.6. The molecule has 0 fully saturated rings. The molecule has 5 heteroatoms. The molecule has 0 aliphatic rings. The highest BCUT2D eigenvalue weighted by Crippen LogP contribution is 2.23. The summed E-state index contributed by atoms with van der Waals surface area (Å²) in [5.41, 5.74) is 0.0280. The largest absolute Gasteiger partial charge is 0.458 e. The molecule has 0 aliphatic heterocycles. The van der Waals surface area contributed by atoms with Crippen LogP contribution >= 0.6 is 0 Å². The van der Waals surface area contributed by atoms with Crippen LogP contribution in [0.3, 0.4) is 0 Å². The van der Waals surface area contributed by atoms with E-state index in [-0.39, 0.29) is 5.60 Å². The second kappa shape index (κ2) is 5.77. The number of hydrogen-bond donors (Lipinski definition) is 0. The van der Waals surface area contributed by atoms with E-state index < -0.39 is 27.1 Å². The first-order chi connectivity index (χ1) is 6.54. The second-order valence-corrected chi connectivity index (χ2v) is 16.0. The maximum atomic E-state index is 6.20. The molecule has 1 unspecified atom stereocenters. The van der Waals surface area contributed by atoms with Crippen molar-refractivity contribution in [3.8, 4) is 0 Å². The van der Waals surface area contributed by atoms with E-state index in [4.69, 9.17) is 8.54 Å². The van der Waals surface area contributed by atoms with Crippen molar-refractivity contribution in [2.75, 3.05) is 0 Å². The third-order valence-electron chi connectivity index (χ3n) is 2.49. The lowest BCUT2D eigenvalue weighted by Crippen LogP contribution is -2.43. The van der Waals surface area contributed by atoms with Gasteiger partial charge in [-0.1, -0.05) is 6.92 Å². The van der Waals surface area contributed by atoms with E-state index in [2.05, 4.69) is 53.9 Å². The summed E-state index contributed by atoms with van der Waals surface area (Å²) >= 11 is 0. The smallest absolute Gasteiger partial charge is 0.175 e. The molecule has 0 rings (SSSR count). The fourth-order valence-corrected chi connectivity index (χ4v) is 10.6. The molecule has 0 heterocycles. The molecule has 0 aromatic heterocycles. The summed E-state index contributed by atoms with van der Waals surface area (Å²) in [6.45, 7) is 17.9. The lowest BCUT2D eigenvalue weighted by Gasteiger charge is -2.33. The second-order valence-electron chi connectivity index (χ2n) is 6.09. The summed E-state index contributed by atoms with van der Waals surface area (Å²) < 4.78 is 12.2. The molecule has 92 valence electrons. The van der Waals surface area contributed by atoms with E-state index in [1.54, 1.807) is 0 Å². The molecular weight excluding hydrogens is 236 g/mol. The van der Waals surface area contributed by atoms with Gasteiger partial charge in [0.15, 0.2) is 27.1 Å². The highest BCUT2D eigenvalue weighted by Gasteiger charge is 2.32. The third-order valence-corrected chi connectivity index (χ3v) is 14.2. The van der Waals surface area contributed by atoms with Gasteiger partial charge in [0.05, 0.1) is 0 Å². The van der Waals surface area contributed by atoms with Crippen molar-refractivity contribution in [1.29, 1.82) is 0 Å². The van der Waals surface area contributed by atoms with Crippen LogP contribution < -0.4 is 0 Å². The molecule has 0 bridgehead atoms. The molecule has 0 saturated heterocycles. The molecule has 0 aromatic rings. The van der Waals surface area contributed by atoms with Gasteiger partial charge in [0.2, 0.25) is 0 Å². The Kier molecular flexibility index (Phi) is 5.99. The van der Waals surface area contributed by atoms with Crippen LogP contribution in [0.15, 0.2) is 0 Å². The van der Waals surface area contributed by atoms with Crippen LogP contribution in [-0.4, -0.2) is 32.7 Å². The monoisotopic (exact) mass is 264 g/mol.